The number of nitrogens with one attached hydrogen (secondary N) is 1. The second-order valence-electron chi connectivity index (χ2n) is 4.41. The highest BCUT2D eigenvalue weighted by Crippen LogP contribution is 2.28. The number of ether oxygens (including phenoxy) is 1. The molecule has 0 radical (unpaired) electrons. The van der Waals surface area contributed by atoms with Gasteiger partial charge < -0.3 is 14.5 Å². The van der Waals surface area contributed by atoms with Crippen molar-refractivity contribution in [3.63, 3.8) is 0 Å². The lowest BCUT2D eigenvalue weighted by Gasteiger charge is -2.10. The number of halogens is 1. The minimum Gasteiger partial charge on any atom is -0.488 e. The average molecular weight is 247 g/mol. The van der Waals surface area contributed by atoms with E-state index in [1.54, 1.807) is 18.4 Å². The van der Waals surface area contributed by atoms with Gasteiger partial charge in [-0.05, 0) is 30.3 Å². The molecule has 2 heterocycles. The van der Waals surface area contributed by atoms with Crippen LogP contribution in [0.4, 0.5) is 4.39 Å². The molecule has 0 aliphatic carbocycles. The van der Waals surface area contributed by atoms with E-state index in [1.165, 1.54) is 6.07 Å². The Bertz CT molecular complexity index is 525. The maximum absolute atomic E-state index is 13.0. The molecule has 1 aromatic carbocycles. The van der Waals surface area contributed by atoms with Gasteiger partial charge in [0.15, 0.2) is 0 Å². The maximum atomic E-state index is 13.0. The van der Waals surface area contributed by atoms with E-state index in [4.69, 9.17) is 9.15 Å². The fraction of sp³-hybridized carbons (Fsp3) is 0.286. The molecule has 0 saturated heterocycles. The first-order valence-electron chi connectivity index (χ1n) is 5.99. The Morgan fingerprint density at radius 3 is 3.11 bits per heavy atom. The molecule has 18 heavy (non-hydrogen) atoms. The summed E-state index contributed by atoms with van der Waals surface area (Å²) in [4.78, 5) is 0. The van der Waals surface area contributed by atoms with Gasteiger partial charge in [-0.3, -0.25) is 0 Å². The molecular formula is C14H14FNO2. The van der Waals surface area contributed by atoms with Crippen molar-refractivity contribution in [2.24, 2.45) is 0 Å². The fourth-order valence-corrected chi connectivity index (χ4v) is 2.17. The molecule has 1 atom stereocenters. The summed E-state index contributed by atoms with van der Waals surface area (Å²) < 4.78 is 24.0. The maximum Gasteiger partial charge on any atom is 0.123 e. The number of hydrogen-bond donors (Lipinski definition) is 1. The molecule has 94 valence electrons. The van der Waals surface area contributed by atoms with Crippen LogP contribution in [0.2, 0.25) is 0 Å². The number of furan rings is 1. The van der Waals surface area contributed by atoms with Crippen LogP contribution in [0.1, 0.15) is 11.3 Å². The lowest BCUT2D eigenvalue weighted by molar-refractivity contribution is 0.226. The van der Waals surface area contributed by atoms with Crippen molar-refractivity contribution in [3.8, 4) is 5.75 Å². The molecule has 1 aliphatic rings. The Hall–Kier alpha value is -1.81. The molecule has 3 nitrogen and oxygen atoms in total. The van der Waals surface area contributed by atoms with Crippen LogP contribution in [0, 0.1) is 5.82 Å². The molecule has 4 heteroatoms. The predicted molar refractivity (Wildman–Crippen MR) is 64.9 cm³/mol. The lowest BCUT2D eigenvalue weighted by Crippen LogP contribution is -2.29. The first kappa shape index (κ1) is 11.3. The summed E-state index contributed by atoms with van der Waals surface area (Å²) >= 11 is 0. The molecular weight excluding hydrogens is 233 g/mol. The standard InChI is InChI=1S/C14H14FNO2/c15-11-3-4-14-10(6-11)7-13(18-14)9-16-8-12-2-1-5-17-12/h1-6,13,16H,7-9H2. The lowest BCUT2D eigenvalue weighted by atomic mass is 10.1. The smallest absolute Gasteiger partial charge is 0.123 e. The largest absolute Gasteiger partial charge is 0.488 e. The predicted octanol–water partition coefficient (Wildman–Crippen LogP) is 2.51. The highest BCUT2D eigenvalue weighted by atomic mass is 19.1. The first-order valence-corrected chi connectivity index (χ1v) is 5.99. The summed E-state index contributed by atoms with van der Waals surface area (Å²) in [5.74, 6) is 1.49. The third-order valence-electron chi connectivity index (χ3n) is 3.02. The van der Waals surface area contributed by atoms with Crippen LogP contribution in [0.3, 0.4) is 0 Å². The highest BCUT2D eigenvalue weighted by Gasteiger charge is 2.22. The summed E-state index contributed by atoms with van der Waals surface area (Å²) in [6.45, 7) is 1.40. The Balaban J connectivity index is 1.52. The summed E-state index contributed by atoms with van der Waals surface area (Å²) in [6, 6.07) is 8.45. The zero-order valence-electron chi connectivity index (χ0n) is 9.86. The van der Waals surface area contributed by atoms with E-state index in [-0.39, 0.29) is 11.9 Å². The molecule has 0 spiro atoms. The van der Waals surface area contributed by atoms with Crippen LogP contribution in [0.15, 0.2) is 41.0 Å². The van der Waals surface area contributed by atoms with Crippen LogP contribution in [0.25, 0.3) is 0 Å². The topological polar surface area (TPSA) is 34.4 Å². The Morgan fingerprint density at radius 1 is 1.33 bits per heavy atom. The van der Waals surface area contributed by atoms with Gasteiger partial charge in [-0.25, -0.2) is 4.39 Å². The van der Waals surface area contributed by atoms with Crippen LogP contribution >= 0.6 is 0 Å². The SMILES string of the molecule is Fc1ccc2c(c1)CC(CNCc1ccco1)O2. The van der Waals surface area contributed by atoms with Gasteiger partial charge in [-0.15, -0.1) is 0 Å². The van der Waals surface area contributed by atoms with Gasteiger partial charge in [0.25, 0.3) is 0 Å². The van der Waals surface area contributed by atoms with Gasteiger partial charge in [-0.1, -0.05) is 0 Å². The van der Waals surface area contributed by atoms with E-state index in [2.05, 4.69) is 5.32 Å². The average Bonchev–Trinajstić information content (AvgIpc) is 2.97. The summed E-state index contributed by atoms with van der Waals surface area (Å²) in [5.41, 5.74) is 0.944. The van der Waals surface area contributed by atoms with E-state index in [0.29, 0.717) is 6.54 Å². The van der Waals surface area contributed by atoms with E-state index >= 15 is 0 Å². The molecule has 0 saturated carbocycles. The summed E-state index contributed by atoms with van der Waals surface area (Å²) in [7, 11) is 0. The summed E-state index contributed by atoms with van der Waals surface area (Å²) in [6.07, 6.45) is 2.47. The highest BCUT2D eigenvalue weighted by molar-refractivity contribution is 5.37. The quantitative estimate of drug-likeness (QED) is 0.901. The number of hydrogen-bond acceptors (Lipinski definition) is 3. The monoisotopic (exact) mass is 247 g/mol. The zero-order chi connectivity index (χ0) is 12.4. The van der Waals surface area contributed by atoms with Gasteiger partial charge in [0.2, 0.25) is 0 Å². The van der Waals surface area contributed by atoms with Crippen LogP contribution in [-0.2, 0) is 13.0 Å². The van der Waals surface area contributed by atoms with Crippen LogP contribution < -0.4 is 10.1 Å². The van der Waals surface area contributed by atoms with Crippen molar-refractivity contribution >= 4 is 0 Å². The second kappa shape index (κ2) is 4.82. The molecule has 2 aromatic rings. The number of benzene rings is 1. The van der Waals surface area contributed by atoms with Crippen molar-refractivity contribution in [2.75, 3.05) is 6.54 Å². The number of fused-ring (bicyclic) bond motifs is 1. The van der Waals surface area contributed by atoms with E-state index in [0.717, 1.165) is 30.0 Å². The van der Waals surface area contributed by atoms with Gasteiger partial charge >= 0.3 is 0 Å². The Morgan fingerprint density at radius 2 is 2.28 bits per heavy atom. The molecule has 0 fully saturated rings. The third kappa shape index (κ3) is 2.38. The number of rotatable bonds is 4. The van der Waals surface area contributed by atoms with Gasteiger partial charge in [0, 0.05) is 18.5 Å². The molecule has 1 aliphatic heterocycles. The Labute approximate surface area is 105 Å². The first-order chi connectivity index (χ1) is 8.81. The molecule has 3 rings (SSSR count). The van der Waals surface area contributed by atoms with Gasteiger partial charge in [0.1, 0.15) is 23.4 Å². The van der Waals surface area contributed by atoms with Crippen molar-refractivity contribution in [3.05, 3.63) is 53.7 Å². The van der Waals surface area contributed by atoms with Crippen molar-refractivity contribution in [1.29, 1.82) is 0 Å². The van der Waals surface area contributed by atoms with E-state index < -0.39 is 0 Å². The molecule has 1 unspecified atom stereocenters. The normalized spacial score (nSPS) is 17.5. The second-order valence-corrected chi connectivity index (χ2v) is 4.41. The zero-order valence-corrected chi connectivity index (χ0v) is 9.86. The van der Waals surface area contributed by atoms with Crippen LogP contribution in [-0.4, -0.2) is 12.6 Å². The van der Waals surface area contributed by atoms with Crippen molar-refractivity contribution < 1.29 is 13.5 Å². The molecule has 0 bridgehead atoms. The van der Waals surface area contributed by atoms with Gasteiger partial charge in [0.05, 0.1) is 12.8 Å². The minimum absolute atomic E-state index is 0.0664. The van der Waals surface area contributed by atoms with E-state index in [9.17, 15) is 4.39 Å². The summed E-state index contributed by atoms with van der Waals surface area (Å²) in [5, 5.41) is 3.27. The van der Waals surface area contributed by atoms with Gasteiger partial charge in [-0.2, -0.15) is 0 Å². The van der Waals surface area contributed by atoms with E-state index in [1.807, 2.05) is 12.1 Å². The Kier molecular flexibility index (Phi) is 3.02. The third-order valence-corrected chi connectivity index (χ3v) is 3.02. The minimum atomic E-state index is -0.207. The molecule has 1 aromatic heterocycles. The van der Waals surface area contributed by atoms with Crippen LogP contribution in [0.5, 0.6) is 5.75 Å². The van der Waals surface area contributed by atoms with Crippen molar-refractivity contribution in [1.82, 2.24) is 5.32 Å². The molecule has 1 N–H and O–H groups in total. The molecule has 0 amide bonds. The fourth-order valence-electron chi connectivity index (χ4n) is 2.17. The van der Waals surface area contributed by atoms with Crippen molar-refractivity contribution in [2.45, 2.75) is 19.1 Å².